The topological polar surface area (TPSA) is 58.6 Å². The predicted octanol–water partition coefficient (Wildman–Crippen LogP) is 1.82. The number of aliphatic carboxylic acids is 1. The molecule has 2 N–H and O–H groups in total. The van der Waals surface area contributed by atoms with Gasteiger partial charge in [-0.3, -0.25) is 0 Å². The molecule has 0 aromatic heterocycles. The molecule has 0 aliphatic rings. The van der Waals surface area contributed by atoms with Gasteiger partial charge in [0, 0.05) is 19.2 Å². The molecule has 0 unspecified atom stereocenters. The summed E-state index contributed by atoms with van der Waals surface area (Å²) in [4.78, 5) is 10.4. The van der Waals surface area contributed by atoms with Gasteiger partial charge in [0.1, 0.15) is 5.75 Å². The summed E-state index contributed by atoms with van der Waals surface area (Å²) in [7, 11) is 1.63. The molecule has 1 rings (SSSR count). The van der Waals surface area contributed by atoms with Crippen LogP contribution in [0.1, 0.15) is 12.5 Å². The van der Waals surface area contributed by atoms with Crippen LogP contribution in [0.25, 0.3) is 0 Å². The second-order valence-electron chi connectivity index (χ2n) is 3.78. The van der Waals surface area contributed by atoms with Crippen molar-refractivity contribution in [2.75, 3.05) is 13.7 Å². The van der Waals surface area contributed by atoms with E-state index in [0.29, 0.717) is 13.1 Å². The van der Waals surface area contributed by atoms with Gasteiger partial charge in [-0.2, -0.15) is 0 Å². The average molecular weight is 235 g/mol. The van der Waals surface area contributed by atoms with E-state index >= 15 is 0 Å². The van der Waals surface area contributed by atoms with Crippen LogP contribution in [0.4, 0.5) is 0 Å². The monoisotopic (exact) mass is 235 g/mol. The van der Waals surface area contributed by atoms with Crippen molar-refractivity contribution in [3.63, 3.8) is 0 Å². The molecule has 0 saturated heterocycles. The minimum Gasteiger partial charge on any atom is -0.497 e. The minimum absolute atomic E-state index is 0.568. The first-order valence-corrected chi connectivity index (χ1v) is 5.35. The van der Waals surface area contributed by atoms with Crippen LogP contribution in [0.5, 0.6) is 5.75 Å². The van der Waals surface area contributed by atoms with Gasteiger partial charge in [0.05, 0.1) is 7.11 Å². The highest BCUT2D eigenvalue weighted by molar-refractivity contribution is 5.80. The molecule has 1 aromatic carbocycles. The largest absolute Gasteiger partial charge is 0.497 e. The summed E-state index contributed by atoms with van der Waals surface area (Å²) < 4.78 is 5.06. The minimum atomic E-state index is -0.909. The lowest BCUT2D eigenvalue weighted by molar-refractivity contribution is -0.131. The van der Waals surface area contributed by atoms with Gasteiger partial charge in [0.25, 0.3) is 0 Å². The van der Waals surface area contributed by atoms with Crippen molar-refractivity contribution in [1.82, 2.24) is 5.32 Å². The number of ether oxygens (including phenoxy) is 1. The second-order valence-corrected chi connectivity index (χ2v) is 3.78. The standard InChI is InChI=1S/C13H17NO3/c1-10(7-13(15)16)8-14-9-11-3-5-12(17-2)6-4-11/h3-7,14H,8-9H2,1-2H3,(H,15,16)/b10-7+. The quantitative estimate of drug-likeness (QED) is 0.738. The van der Waals surface area contributed by atoms with E-state index < -0.39 is 5.97 Å². The fourth-order valence-electron chi connectivity index (χ4n) is 1.41. The third-order valence-corrected chi connectivity index (χ3v) is 2.26. The zero-order valence-corrected chi connectivity index (χ0v) is 10.1. The Morgan fingerprint density at radius 1 is 1.41 bits per heavy atom. The summed E-state index contributed by atoms with van der Waals surface area (Å²) in [5.74, 6) is -0.0792. The number of carboxylic acids is 1. The van der Waals surface area contributed by atoms with Crippen molar-refractivity contribution in [2.24, 2.45) is 0 Å². The van der Waals surface area contributed by atoms with E-state index in [1.807, 2.05) is 24.3 Å². The number of methoxy groups -OCH3 is 1. The molecule has 0 aliphatic carbocycles. The van der Waals surface area contributed by atoms with Gasteiger partial charge in [-0.1, -0.05) is 17.7 Å². The zero-order chi connectivity index (χ0) is 12.7. The number of hydrogen-bond acceptors (Lipinski definition) is 3. The molecule has 92 valence electrons. The van der Waals surface area contributed by atoms with Gasteiger partial charge in [-0.25, -0.2) is 4.79 Å². The Hall–Kier alpha value is -1.81. The molecule has 4 heteroatoms. The molecule has 1 aromatic rings. The first-order chi connectivity index (χ1) is 8.11. The molecule has 0 fully saturated rings. The van der Waals surface area contributed by atoms with Gasteiger partial charge in [-0.15, -0.1) is 0 Å². The van der Waals surface area contributed by atoms with Crippen molar-refractivity contribution in [3.05, 3.63) is 41.5 Å². The lowest BCUT2D eigenvalue weighted by Crippen LogP contribution is -2.16. The fraction of sp³-hybridized carbons (Fsp3) is 0.308. The Labute approximate surface area is 101 Å². The third-order valence-electron chi connectivity index (χ3n) is 2.26. The average Bonchev–Trinajstić information content (AvgIpc) is 2.29. The van der Waals surface area contributed by atoms with Crippen molar-refractivity contribution in [2.45, 2.75) is 13.5 Å². The molecule has 0 amide bonds. The van der Waals surface area contributed by atoms with Crippen LogP contribution >= 0.6 is 0 Å². The molecule has 0 heterocycles. The number of hydrogen-bond donors (Lipinski definition) is 2. The molecule has 0 aliphatic heterocycles. The van der Waals surface area contributed by atoms with Crippen molar-refractivity contribution in [3.8, 4) is 5.75 Å². The van der Waals surface area contributed by atoms with E-state index in [1.165, 1.54) is 6.08 Å². The molecule has 0 bridgehead atoms. The van der Waals surface area contributed by atoms with Crippen LogP contribution in [0, 0.1) is 0 Å². The zero-order valence-electron chi connectivity index (χ0n) is 10.1. The normalized spacial score (nSPS) is 11.3. The van der Waals surface area contributed by atoms with Crippen LogP contribution in [-0.2, 0) is 11.3 Å². The predicted molar refractivity (Wildman–Crippen MR) is 66.1 cm³/mol. The summed E-state index contributed by atoms with van der Waals surface area (Å²) in [5, 5.41) is 11.7. The van der Waals surface area contributed by atoms with Crippen molar-refractivity contribution in [1.29, 1.82) is 0 Å². The van der Waals surface area contributed by atoms with Gasteiger partial charge in [0.15, 0.2) is 0 Å². The van der Waals surface area contributed by atoms with Gasteiger partial charge in [-0.05, 0) is 24.6 Å². The maximum absolute atomic E-state index is 10.4. The Kier molecular flexibility index (Phi) is 5.23. The molecular formula is C13H17NO3. The van der Waals surface area contributed by atoms with Gasteiger partial charge >= 0.3 is 5.97 Å². The first kappa shape index (κ1) is 13.3. The number of carboxylic acid groups (broad SMARTS) is 1. The van der Waals surface area contributed by atoms with E-state index in [-0.39, 0.29) is 0 Å². The first-order valence-electron chi connectivity index (χ1n) is 5.35. The van der Waals surface area contributed by atoms with Gasteiger partial charge in [0.2, 0.25) is 0 Å². The molecule has 0 saturated carbocycles. The Bertz CT molecular complexity index is 396. The molecular weight excluding hydrogens is 218 g/mol. The smallest absolute Gasteiger partial charge is 0.328 e. The summed E-state index contributed by atoms with van der Waals surface area (Å²) >= 11 is 0. The third kappa shape index (κ3) is 5.17. The Balaban J connectivity index is 2.38. The molecule has 0 atom stereocenters. The Morgan fingerprint density at radius 2 is 2.06 bits per heavy atom. The van der Waals surface area contributed by atoms with Crippen molar-refractivity contribution < 1.29 is 14.6 Å². The van der Waals surface area contributed by atoms with Gasteiger partial charge < -0.3 is 15.2 Å². The van der Waals surface area contributed by atoms with E-state index in [9.17, 15) is 4.79 Å². The van der Waals surface area contributed by atoms with Crippen LogP contribution < -0.4 is 10.1 Å². The number of benzene rings is 1. The lowest BCUT2D eigenvalue weighted by atomic mass is 10.2. The summed E-state index contributed by atoms with van der Waals surface area (Å²) in [6, 6.07) is 7.75. The molecule has 17 heavy (non-hydrogen) atoms. The molecule has 0 radical (unpaired) electrons. The Morgan fingerprint density at radius 3 is 2.59 bits per heavy atom. The summed E-state index contributed by atoms with van der Waals surface area (Å²) in [5.41, 5.74) is 1.93. The maximum Gasteiger partial charge on any atom is 0.328 e. The van der Waals surface area contributed by atoms with Crippen LogP contribution in [-0.4, -0.2) is 24.7 Å². The molecule has 4 nitrogen and oxygen atoms in total. The fourth-order valence-corrected chi connectivity index (χ4v) is 1.41. The van der Waals surface area contributed by atoms with Crippen molar-refractivity contribution >= 4 is 5.97 Å². The van der Waals surface area contributed by atoms with E-state index in [0.717, 1.165) is 16.9 Å². The number of rotatable bonds is 6. The van der Waals surface area contributed by atoms with E-state index in [2.05, 4.69) is 5.32 Å². The SMILES string of the molecule is COc1ccc(CNC/C(C)=C/C(=O)O)cc1. The lowest BCUT2D eigenvalue weighted by Gasteiger charge is -2.06. The maximum atomic E-state index is 10.4. The number of nitrogens with one attached hydrogen (secondary N) is 1. The second kappa shape index (κ2) is 6.70. The van der Waals surface area contributed by atoms with Crippen LogP contribution in [0.15, 0.2) is 35.9 Å². The molecule has 0 spiro atoms. The highest BCUT2D eigenvalue weighted by Crippen LogP contribution is 2.10. The summed E-state index contributed by atoms with van der Waals surface area (Å²) in [6.45, 7) is 3.06. The van der Waals surface area contributed by atoms with E-state index in [1.54, 1.807) is 14.0 Å². The van der Waals surface area contributed by atoms with E-state index in [4.69, 9.17) is 9.84 Å². The summed E-state index contributed by atoms with van der Waals surface area (Å²) in [6.07, 6.45) is 1.21. The van der Waals surface area contributed by atoms with Crippen LogP contribution in [0.2, 0.25) is 0 Å². The van der Waals surface area contributed by atoms with Crippen LogP contribution in [0.3, 0.4) is 0 Å². The highest BCUT2D eigenvalue weighted by atomic mass is 16.5. The highest BCUT2D eigenvalue weighted by Gasteiger charge is 1.96. The number of carbonyl (C=O) groups is 1.